The number of fused-ring (bicyclic) bond motifs is 1. The maximum atomic E-state index is 14.0. The zero-order valence-corrected chi connectivity index (χ0v) is 23.1. The molecule has 2 heterocycles. The van der Waals surface area contributed by atoms with Crippen LogP contribution in [-0.4, -0.2) is 50.1 Å². The molecule has 11 nitrogen and oxygen atoms in total. The Balaban J connectivity index is 1.73. The van der Waals surface area contributed by atoms with Gasteiger partial charge in [0.05, 0.1) is 31.1 Å². The zero-order valence-electron chi connectivity index (χ0n) is 22.2. The molecule has 0 aliphatic rings. The number of halogens is 3. The minimum atomic E-state index is -4.46. The number of alkyl halides is 3. The van der Waals surface area contributed by atoms with E-state index in [9.17, 15) is 22.5 Å². The number of nitrogens with two attached hydrogens (primary N) is 1. The highest BCUT2D eigenvalue weighted by Crippen LogP contribution is 2.40. The minimum Gasteiger partial charge on any atom is -0.464 e. The van der Waals surface area contributed by atoms with Gasteiger partial charge in [0.2, 0.25) is 7.44 Å². The maximum absolute atomic E-state index is 14.0. The number of benzene rings is 1. The first-order chi connectivity index (χ1) is 18.2. The van der Waals surface area contributed by atoms with Crippen LogP contribution in [0, 0.1) is 0 Å². The molecule has 39 heavy (non-hydrogen) atoms. The van der Waals surface area contributed by atoms with Crippen molar-refractivity contribution in [2.24, 2.45) is 0 Å². The van der Waals surface area contributed by atoms with Crippen LogP contribution in [0.1, 0.15) is 45.2 Å². The van der Waals surface area contributed by atoms with Gasteiger partial charge in [0.1, 0.15) is 23.7 Å². The molecule has 0 spiro atoms. The number of esters is 1. The highest BCUT2D eigenvalue weighted by molar-refractivity contribution is 7.59. The van der Waals surface area contributed by atoms with E-state index in [0.29, 0.717) is 29.7 Å². The number of ether oxygens (including phenoxy) is 2. The second-order valence-corrected chi connectivity index (χ2v) is 11.9. The Labute approximate surface area is 224 Å². The summed E-state index contributed by atoms with van der Waals surface area (Å²) in [5, 5.41) is 5.71. The lowest BCUT2D eigenvalue weighted by molar-refractivity contribution is -0.149. The maximum Gasteiger partial charge on any atom is 0.416 e. The van der Waals surface area contributed by atoms with Crippen LogP contribution in [-0.2, 0) is 38.1 Å². The summed E-state index contributed by atoms with van der Waals surface area (Å²) in [4.78, 5) is 24.9. The van der Waals surface area contributed by atoms with Crippen molar-refractivity contribution in [2.45, 2.75) is 65.0 Å². The quantitative estimate of drug-likeness (QED) is 0.202. The average Bonchev–Trinajstić information content (AvgIpc) is 3.28. The molecule has 1 aromatic carbocycles. The molecule has 0 radical (unpaired) electrons. The summed E-state index contributed by atoms with van der Waals surface area (Å²) in [6.45, 7) is 7.13. The van der Waals surface area contributed by atoms with Crippen molar-refractivity contribution in [1.29, 1.82) is 0 Å². The third-order valence-corrected chi connectivity index (χ3v) is 7.75. The standard InChI is InChI=1S/C24H33F3N7O4P/c1-5-10-37-22(35)23(3,4)33-39(36,32-11-17-6-8-18(9-7-17)24(25,26)27)15-38-16(2)12-34-14-31-19-20(28)29-13-30-21(19)34/h6-9,13-14,16H,5,10-12,15H2,1-4H3,(H2,28,29,30)(H2,32,33,36). The Morgan fingerprint density at radius 1 is 1.18 bits per heavy atom. The number of imidazole rings is 1. The number of nitrogens with zero attached hydrogens (tertiary/aromatic N) is 4. The van der Waals surface area contributed by atoms with Gasteiger partial charge in [0.25, 0.3) is 0 Å². The SMILES string of the molecule is CCCOC(=O)C(C)(C)NP(=O)(COC(C)Cn1cnc2c(N)ncnc21)NCc1ccc(C(F)(F)F)cc1. The zero-order chi connectivity index (χ0) is 28.8. The van der Waals surface area contributed by atoms with Gasteiger partial charge in [-0.3, -0.25) is 9.36 Å². The summed E-state index contributed by atoms with van der Waals surface area (Å²) in [5.41, 5.74) is 5.12. The number of nitrogens with one attached hydrogen (secondary N) is 2. The molecule has 0 amide bonds. The highest BCUT2D eigenvalue weighted by Gasteiger charge is 2.37. The van der Waals surface area contributed by atoms with Crippen molar-refractivity contribution in [3.05, 3.63) is 48.0 Å². The van der Waals surface area contributed by atoms with Crippen LogP contribution in [0.2, 0.25) is 0 Å². The summed E-state index contributed by atoms with van der Waals surface area (Å²) in [6, 6.07) is 4.49. The molecule has 0 bridgehead atoms. The molecule has 214 valence electrons. The number of carbonyl (C=O) groups is 1. The van der Waals surface area contributed by atoms with Crippen molar-refractivity contribution >= 4 is 30.4 Å². The molecular formula is C24H33F3N7O4P. The van der Waals surface area contributed by atoms with Gasteiger partial charge in [-0.15, -0.1) is 0 Å². The number of anilines is 1. The fourth-order valence-corrected chi connectivity index (χ4v) is 5.75. The monoisotopic (exact) mass is 571 g/mol. The molecule has 0 saturated carbocycles. The molecule has 0 fully saturated rings. The summed E-state index contributed by atoms with van der Waals surface area (Å²) >= 11 is 0. The van der Waals surface area contributed by atoms with E-state index < -0.39 is 36.8 Å². The lowest BCUT2D eigenvalue weighted by Crippen LogP contribution is -2.48. The normalized spacial score (nSPS) is 14.7. The van der Waals surface area contributed by atoms with Crippen LogP contribution in [0.15, 0.2) is 36.9 Å². The topological polar surface area (TPSA) is 146 Å². The van der Waals surface area contributed by atoms with Gasteiger partial charge in [-0.05, 0) is 44.9 Å². The Morgan fingerprint density at radius 3 is 2.51 bits per heavy atom. The molecule has 4 N–H and O–H groups in total. The van der Waals surface area contributed by atoms with Gasteiger partial charge in [-0.2, -0.15) is 13.2 Å². The third kappa shape index (κ3) is 8.21. The van der Waals surface area contributed by atoms with E-state index >= 15 is 0 Å². The minimum absolute atomic E-state index is 0.0391. The predicted molar refractivity (Wildman–Crippen MR) is 140 cm³/mol. The summed E-state index contributed by atoms with van der Waals surface area (Å²) in [6.07, 6.45) is -1.78. The second kappa shape index (κ2) is 12.4. The Bertz CT molecular complexity index is 1320. The first kappa shape index (κ1) is 30.5. The van der Waals surface area contributed by atoms with Gasteiger partial charge in [-0.25, -0.2) is 25.1 Å². The van der Waals surface area contributed by atoms with Crippen LogP contribution in [0.5, 0.6) is 0 Å². The largest absolute Gasteiger partial charge is 0.464 e. The summed E-state index contributed by atoms with van der Waals surface area (Å²) in [5.74, 6) is -0.359. The molecule has 2 unspecified atom stereocenters. The van der Waals surface area contributed by atoms with Crippen molar-refractivity contribution in [2.75, 3.05) is 18.7 Å². The fourth-order valence-electron chi connectivity index (χ4n) is 3.61. The van der Waals surface area contributed by atoms with Gasteiger partial charge < -0.3 is 19.8 Å². The van der Waals surface area contributed by atoms with E-state index in [1.165, 1.54) is 32.3 Å². The first-order valence-electron chi connectivity index (χ1n) is 12.2. The van der Waals surface area contributed by atoms with Gasteiger partial charge in [0, 0.05) is 6.54 Å². The number of hydrogen-bond acceptors (Lipinski definition) is 8. The average molecular weight is 572 g/mol. The molecule has 0 aliphatic heterocycles. The van der Waals surface area contributed by atoms with E-state index in [0.717, 1.165) is 12.1 Å². The van der Waals surface area contributed by atoms with Crippen molar-refractivity contribution < 1.29 is 32.0 Å². The van der Waals surface area contributed by atoms with E-state index in [1.807, 2.05) is 6.92 Å². The predicted octanol–water partition coefficient (Wildman–Crippen LogP) is 4.09. The molecule has 2 aromatic heterocycles. The molecule has 15 heteroatoms. The molecule has 0 saturated heterocycles. The van der Waals surface area contributed by atoms with Crippen LogP contribution >= 0.6 is 7.44 Å². The first-order valence-corrected chi connectivity index (χ1v) is 14.1. The fraction of sp³-hybridized carbons (Fsp3) is 0.500. The van der Waals surface area contributed by atoms with E-state index in [-0.39, 0.29) is 25.3 Å². The van der Waals surface area contributed by atoms with Crippen molar-refractivity contribution in [1.82, 2.24) is 29.7 Å². The molecule has 2 atom stereocenters. The molecule has 3 rings (SSSR count). The molecular weight excluding hydrogens is 538 g/mol. The Hall–Kier alpha value is -3.06. The Morgan fingerprint density at radius 2 is 1.87 bits per heavy atom. The van der Waals surface area contributed by atoms with Gasteiger partial charge >= 0.3 is 12.1 Å². The van der Waals surface area contributed by atoms with Crippen LogP contribution in [0.25, 0.3) is 11.2 Å². The number of aromatic nitrogens is 4. The van der Waals surface area contributed by atoms with E-state index in [1.54, 1.807) is 17.8 Å². The Kier molecular flexibility index (Phi) is 9.70. The van der Waals surface area contributed by atoms with Crippen LogP contribution < -0.4 is 15.9 Å². The van der Waals surface area contributed by atoms with E-state index in [2.05, 4.69) is 25.1 Å². The van der Waals surface area contributed by atoms with E-state index in [4.69, 9.17) is 15.2 Å². The van der Waals surface area contributed by atoms with Crippen molar-refractivity contribution in [3.63, 3.8) is 0 Å². The highest BCUT2D eigenvalue weighted by atomic mass is 31.2. The smallest absolute Gasteiger partial charge is 0.416 e. The lowest BCUT2D eigenvalue weighted by Gasteiger charge is -2.31. The second-order valence-electron chi connectivity index (χ2n) is 9.58. The van der Waals surface area contributed by atoms with Crippen molar-refractivity contribution in [3.8, 4) is 0 Å². The summed E-state index contributed by atoms with van der Waals surface area (Å²) in [7, 11) is -3.65. The number of hydrogen-bond donors (Lipinski definition) is 3. The van der Waals surface area contributed by atoms with Gasteiger partial charge in [0.15, 0.2) is 11.5 Å². The molecule has 3 aromatic rings. The molecule has 0 aliphatic carbocycles. The number of rotatable bonds is 13. The van der Waals surface area contributed by atoms with Crippen LogP contribution in [0.4, 0.5) is 19.0 Å². The number of nitrogen functional groups attached to an aromatic ring is 1. The lowest BCUT2D eigenvalue weighted by atomic mass is 10.1. The third-order valence-electron chi connectivity index (χ3n) is 5.65. The van der Waals surface area contributed by atoms with Crippen LogP contribution in [0.3, 0.4) is 0 Å². The summed E-state index contributed by atoms with van der Waals surface area (Å²) < 4.78 is 65.6. The van der Waals surface area contributed by atoms with Gasteiger partial charge in [-0.1, -0.05) is 19.1 Å². The number of carbonyl (C=O) groups excluding carboxylic acids is 1.